The Bertz CT molecular complexity index is 347. The zero-order chi connectivity index (χ0) is 10.5. The molecule has 1 aromatic rings. The molecule has 1 aromatic carbocycles. The molecule has 1 saturated heterocycles. The highest BCUT2D eigenvalue weighted by Gasteiger charge is 2.14. The monoisotopic (exact) mass is 201 g/mol. The Balaban J connectivity index is 1.95. The van der Waals surface area contributed by atoms with E-state index in [0.717, 1.165) is 31.7 Å². The van der Waals surface area contributed by atoms with Gasteiger partial charge in [-0.25, -0.2) is 5.32 Å². The summed E-state index contributed by atoms with van der Waals surface area (Å²) in [6.07, 6.45) is 2.29. The minimum Gasteiger partial charge on any atom is -0.490 e. The van der Waals surface area contributed by atoms with E-state index in [4.69, 9.17) is 10.00 Å². The van der Waals surface area contributed by atoms with Gasteiger partial charge in [-0.05, 0) is 37.1 Å². The normalized spacial score (nSPS) is 17.0. The van der Waals surface area contributed by atoms with E-state index in [0.29, 0.717) is 5.56 Å². The highest BCUT2D eigenvalue weighted by molar-refractivity contribution is 5.34. The van der Waals surface area contributed by atoms with E-state index in [9.17, 15) is 0 Å². The van der Waals surface area contributed by atoms with Crippen molar-refractivity contribution in [3.05, 3.63) is 29.8 Å². The van der Waals surface area contributed by atoms with Gasteiger partial charge in [-0.15, -0.1) is 0 Å². The van der Waals surface area contributed by atoms with Crippen LogP contribution in [0.2, 0.25) is 0 Å². The largest absolute Gasteiger partial charge is 0.490 e. The molecule has 3 heteroatoms. The summed E-state index contributed by atoms with van der Waals surface area (Å²) in [7, 11) is 0. The van der Waals surface area contributed by atoms with Gasteiger partial charge in [0.2, 0.25) is 0 Å². The van der Waals surface area contributed by atoms with E-state index in [1.807, 2.05) is 12.1 Å². The predicted molar refractivity (Wildman–Crippen MR) is 56.7 cm³/mol. The lowest BCUT2D eigenvalue weighted by molar-refractivity contribution is 0.161. The van der Waals surface area contributed by atoms with Gasteiger partial charge in [0.15, 0.2) is 0 Å². The maximum Gasteiger partial charge on any atom is 0.119 e. The fourth-order valence-corrected chi connectivity index (χ4v) is 1.65. The second-order valence-corrected chi connectivity index (χ2v) is 3.62. The van der Waals surface area contributed by atoms with E-state index in [-0.39, 0.29) is 6.10 Å². The molecule has 3 nitrogen and oxygen atoms in total. The van der Waals surface area contributed by atoms with Crippen LogP contribution in [0.25, 0.3) is 0 Å². The maximum atomic E-state index is 8.65. The fraction of sp³-hybridized carbons (Fsp3) is 0.417. The summed E-state index contributed by atoms with van der Waals surface area (Å²) in [6, 6.07) is 9.35. The smallest absolute Gasteiger partial charge is 0.119 e. The molecule has 0 bridgehead atoms. The van der Waals surface area contributed by atoms with Crippen LogP contribution in [0.3, 0.4) is 0 Å². The highest BCUT2D eigenvalue weighted by atomic mass is 16.5. The van der Waals surface area contributed by atoms with Crippen LogP contribution in [0.1, 0.15) is 18.4 Å². The number of rotatable bonds is 2. The van der Waals surface area contributed by atoms with Gasteiger partial charge in [0.25, 0.3) is 0 Å². The Hall–Kier alpha value is -1.53. The highest BCUT2D eigenvalue weighted by Crippen LogP contribution is 2.17. The van der Waals surface area contributed by atoms with E-state index >= 15 is 0 Å². The van der Waals surface area contributed by atoms with Crippen molar-refractivity contribution in [1.29, 1.82) is 5.26 Å². The number of benzene rings is 1. The Labute approximate surface area is 89.7 Å². The van der Waals surface area contributed by atoms with Gasteiger partial charge in [0.05, 0.1) is 11.6 Å². The molecule has 0 saturated carbocycles. The van der Waals surface area contributed by atoms with Crippen LogP contribution in [0.5, 0.6) is 5.75 Å². The van der Waals surface area contributed by atoms with Crippen LogP contribution in [-0.2, 0) is 0 Å². The molecule has 1 aliphatic heterocycles. The van der Waals surface area contributed by atoms with Crippen LogP contribution in [-0.4, -0.2) is 19.2 Å². The summed E-state index contributed by atoms with van der Waals surface area (Å²) in [5.41, 5.74) is 0.668. The molecule has 1 heterocycles. The van der Waals surface area contributed by atoms with Gasteiger partial charge in [0.1, 0.15) is 11.9 Å². The van der Waals surface area contributed by atoms with Crippen LogP contribution in [0.15, 0.2) is 24.3 Å². The second kappa shape index (κ2) is 4.81. The molecule has 0 N–H and O–H groups in total. The standard InChI is InChI=1S/C12H13N2O/c13-9-10-1-3-11(4-2-10)15-12-5-7-14-8-6-12/h1-4,12H,5-8H2. The summed E-state index contributed by atoms with van der Waals surface area (Å²) in [4.78, 5) is 0. The third-order valence-electron chi connectivity index (χ3n) is 2.50. The van der Waals surface area contributed by atoms with Crippen molar-refractivity contribution in [3.8, 4) is 11.8 Å². The average Bonchev–Trinajstić information content (AvgIpc) is 2.31. The zero-order valence-corrected chi connectivity index (χ0v) is 8.52. The number of hydrogen-bond acceptors (Lipinski definition) is 2. The number of nitrogens with zero attached hydrogens (tertiary/aromatic N) is 2. The van der Waals surface area contributed by atoms with E-state index < -0.39 is 0 Å². The lowest BCUT2D eigenvalue weighted by atomic mass is 10.1. The summed E-state index contributed by atoms with van der Waals surface area (Å²) in [6.45, 7) is 1.81. The summed E-state index contributed by atoms with van der Waals surface area (Å²) in [5.74, 6) is 0.848. The van der Waals surface area contributed by atoms with Crippen LogP contribution >= 0.6 is 0 Å². The first-order valence-corrected chi connectivity index (χ1v) is 5.18. The molecule has 77 valence electrons. The van der Waals surface area contributed by atoms with Crippen LogP contribution in [0.4, 0.5) is 0 Å². The molecule has 0 aromatic heterocycles. The molecule has 0 aliphatic carbocycles. The quantitative estimate of drug-likeness (QED) is 0.731. The Morgan fingerprint density at radius 1 is 1.20 bits per heavy atom. The molecular formula is C12H13N2O. The number of nitriles is 1. The van der Waals surface area contributed by atoms with Crippen molar-refractivity contribution in [3.63, 3.8) is 0 Å². The molecule has 15 heavy (non-hydrogen) atoms. The number of piperidine rings is 1. The predicted octanol–water partition coefficient (Wildman–Crippen LogP) is 1.70. The molecule has 0 unspecified atom stereocenters. The molecular weight excluding hydrogens is 188 g/mol. The van der Waals surface area contributed by atoms with Crippen molar-refractivity contribution in [1.82, 2.24) is 5.32 Å². The SMILES string of the molecule is N#Cc1ccc(OC2CC[N]CC2)cc1. The zero-order valence-electron chi connectivity index (χ0n) is 8.52. The van der Waals surface area contributed by atoms with Gasteiger partial charge in [-0.3, -0.25) is 0 Å². The van der Waals surface area contributed by atoms with Crippen molar-refractivity contribution in [2.24, 2.45) is 0 Å². The van der Waals surface area contributed by atoms with Gasteiger partial charge in [-0.2, -0.15) is 5.26 Å². The Kier molecular flexibility index (Phi) is 3.21. The van der Waals surface area contributed by atoms with E-state index in [1.54, 1.807) is 12.1 Å². The van der Waals surface area contributed by atoms with Gasteiger partial charge in [-0.1, -0.05) is 0 Å². The fourth-order valence-electron chi connectivity index (χ4n) is 1.65. The van der Waals surface area contributed by atoms with Crippen molar-refractivity contribution >= 4 is 0 Å². The number of hydrogen-bond donors (Lipinski definition) is 0. The van der Waals surface area contributed by atoms with Gasteiger partial charge in [0, 0.05) is 13.1 Å². The summed E-state index contributed by atoms with van der Waals surface area (Å²) >= 11 is 0. The summed E-state index contributed by atoms with van der Waals surface area (Å²) in [5, 5.41) is 12.9. The van der Waals surface area contributed by atoms with Crippen molar-refractivity contribution < 1.29 is 4.74 Å². The topological polar surface area (TPSA) is 47.1 Å². The van der Waals surface area contributed by atoms with Crippen molar-refractivity contribution in [2.75, 3.05) is 13.1 Å². The first-order chi connectivity index (χ1) is 7.38. The third kappa shape index (κ3) is 2.71. The van der Waals surface area contributed by atoms with Gasteiger partial charge < -0.3 is 4.74 Å². The number of ether oxygens (including phenoxy) is 1. The molecule has 1 fully saturated rings. The average molecular weight is 201 g/mol. The van der Waals surface area contributed by atoms with Crippen LogP contribution in [0, 0.1) is 11.3 Å². The second-order valence-electron chi connectivity index (χ2n) is 3.62. The Morgan fingerprint density at radius 2 is 1.87 bits per heavy atom. The van der Waals surface area contributed by atoms with E-state index in [1.165, 1.54) is 0 Å². The van der Waals surface area contributed by atoms with Crippen molar-refractivity contribution in [2.45, 2.75) is 18.9 Å². The molecule has 2 rings (SSSR count). The molecule has 1 radical (unpaired) electrons. The first-order valence-electron chi connectivity index (χ1n) is 5.18. The van der Waals surface area contributed by atoms with E-state index in [2.05, 4.69) is 11.4 Å². The third-order valence-corrected chi connectivity index (χ3v) is 2.50. The first kappa shape index (κ1) is 10.0. The molecule has 0 atom stereocenters. The minimum atomic E-state index is 0.287. The van der Waals surface area contributed by atoms with Gasteiger partial charge >= 0.3 is 0 Å². The lowest BCUT2D eigenvalue weighted by Gasteiger charge is -2.22. The minimum absolute atomic E-state index is 0.287. The molecule has 1 aliphatic rings. The molecule has 0 spiro atoms. The Morgan fingerprint density at radius 3 is 2.47 bits per heavy atom. The maximum absolute atomic E-state index is 8.65. The summed E-state index contributed by atoms with van der Waals surface area (Å²) < 4.78 is 5.79. The lowest BCUT2D eigenvalue weighted by Crippen LogP contribution is -2.30. The van der Waals surface area contributed by atoms with Crippen LogP contribution < -0.4 is 10.1 Å². The molecule has 0 amide bonds.